The lowest BCUT2D eigenvalue weighted by molar-refractivity contribution is 0.807. The summed E-state index contributed by atoms with van der Waals surface area (Å²) >= 11 is 0. The molecule has 226 valence electrons. The van der Waals surface area contributed by atoms with E-state index in [-0.39, 0.29) is 0 Å². The predicted molar refractivity (Wildman–Crippen MR) is 202 cm³/mol. The maximum absolute atomic E-state index is 4.09. The van der Waals surface area contributed by atoms with Gasteiger partial charge in [-0.05, 0) is 97.6 Å². The first-order chi connectivity index (χ1) is 23.1. The van der Waals surface area contributed by atoms with E-state index in [9.17, 15) is 0 Å². The van der Waals surface area contributed by atoms with Crippen molar-refractivity contribution in [3.8, 4) is 22.3 Å². The first kappa shape index (κ1) is 28.8. The molecule has 8 rings (SSSR count). The smallest absolute Gasteiger partial charge is 0.0685 e. The summed E-state index contributed by atoms with van der Waals surface area (Å²) in [6, 6.07) is 40.0. The van der Waals surface area contributed by atoms with E-state index >= 15 is 0 Å². The van der Waals surface area contributed by atoms with E-state index in [1.165, 1.54) is 66.1 Å². The molecule has 0 bridgehead atoms. The average Bonchev–Trinajstić information content (AvgIpc) is 3.22. The molecule has 0 radical (unpaired) electrons. The van der Waals surface area contributed by atoms with Gasteiger partial charge >= 0.3 is 0 Å². The van der Waals surface area contributed by atoms with Gasteiger partial charge in [-0.25, -0.2) is 0 Å². The molecule has 1 atom stereocenters. The Morgan fingerprint density at radius 2 is 1.38 bits per heavy atom. The second kappa shape index (κ2) is 11.3. The summed E-state index contributed by atoms with van der Waals surface area (Å²) in [6.07, 6.45) is 16.3. The van der Waals surface area contributed by atoms with Crippen LogP contribution in [0.3, 0.4) is 0 Å². The highest BCUT2D eigenvalue weighted by Gasteiger charge is 2.49. The third kappa shape index (κ3) is 4.16. The number of anilines is 2. The Hall–Kier alpha value is -5.66. The molecule has 1 nitrogen and oxygen atoms in total. The molecular formula is C46H37N. The number of rotatable bonds is 5. The number of benzene rings is 5. The van der Waals surface area contributed by atoms with Crippen molar-refractivity contribution in [1.82, 2.24) is 0 Å². The molecule has 0 aliphatic heterocycles. The largest absolute Gasteiger partial charge is 0.344 e. The van der Waals surface area contributed by atoms with Crippen molar-refractivity contribution >= 4 is 34.7 Å². The number of para-hydroxylation sites is 1. The number of hydrogen-bond acceptors (Lipinski definition) is 1. The van der Waals surface area contributed by atoms with Crippen LogP contribution in [-0.4, -0.2) is 7.05 Å². The van der Waals surface area contributed by atoms with Crippen molar-refractivity contribution in [3.63, 3.8) is 0 Å². The zero-order chi connectivity index (χ0) is 32.1. The first-order valence-corrected chi connectivity index (χ1v) is 16.4. The highest BCUT2D eigenvalue weighted by Crippen LogP contribution is 2.60. The normalized spacial score (nSPS) is 17.6. The van der Waals surface area contributed by atoms with E-state index in [0.717, 1.165) is 23.4 Å². The van der Waals surface area contributed by atoms with Gasteiger partial charge in [0.1, 0.15) is 0 Å². The van der Waals surface area contributed by atoms with Gasteiger partial charge in [0.15, 0.2) is 0 Å². The van der Waals surface area contributed by atoms with Gasteiger partial charge in [-0.3, -0.25) is 0 Å². The standard InChI is InChI=1S/C46H37N/c1-5-17-33-19-16-24-39-36-21-8-7-9-25-41(36)46(31(3)45(33)39)42-26-14-12-22-37(42)40-30-34(28-29-43(40)46)47(4)44-27-15-13-23-38(44)35-20-11-10-18-32(35)6-2/h5-6,8-30H,1-2,7H2,3-4H3/b33-17-. The summed E-state index contributed by atoms with van der Waals surface area (Å²) in [5.74, 6) is 0. The monoisotopic (exact) mass is 603 g/mol. The van der Waals surface area contributed by atoms with Crippen LogP contribution < -0.4 is 15.3 Å². The average molecular weight is 604 g/mol. The van der Waals surface area contributed by atoms with Crippen LogP contribution in [0, 0.1) is 0 Å². The molecule has 5 aromatic carbocycles. The summed E-state index contributed by atoms with van der Waals surface area (Å²) in [4.78, 5) is 2.33. The highest BCUT2D eigenvalue weighted by atomic mass is 15.1. The Morgan fingerprint density at radius 3 is 2.21 bits per heavy atom. The molecule has 1 heteroatoms. The zero-order valence-corrected chi connectivity index (χ0v) is 27.0. The van der Waals surface area contributed by atoms with E-state index in [2.05, 4.69) is 172 Å². The molecule has 47 heavy (non-hydrogen) atoms. The van der Waals surface area contributed by atoms with Crippen molar-refractivity contribution in [2.45, 2.75) is 18.8 Å². The van der Waals surface area contributed by atoms with Crippen LogP contribution >= 0.6 is 0 Å². The third-order valence-corrected chi connectivity index (χ3v) is 10.3. The van der Waals surface area contributed by atoms with Gasteiger partial charge in [0.05, 0.1) is 5.41 Å². The van der Waals surface area contributed by atoms with Crippen LogP contribution in [0.2, 0.25) is 0 Å². The van der Waals surface area contributed by atoms with Gasteiger partial charge in [-0.15, -0.1) is 0 Å². The van der Waals surface area contributed by atoms with E-state index in [1.54, 1.807) is 0 Å². The number of allylic oxidation sites excluding steroid dienone is 7. The zero-order valence-electron chi connectivity index (χ0n) is 27.0. The van der Waals surface area contributed by atoms with Crippen LogP contribution in [0.1, 0.15) is 35.6 Å². The minimum atomic E-state index is -0.414. The maximum atomic E-state index is 4.09. The van der Waals surface area contributed by atoms with E-state index in [1.807, 2.05) is 12.2 Å². The van der Waals surface area contributed by atoms with Crippen molar-refractivity contribution < 1.29 is 0 Å². The van der Waals surface area contributed by atoms with Crippen LogP contribution in [0.5, 0.6) is 0 Å². The van der Waals surface area contributed by atoms with Crippen LogP contribution in [0.4, 0.5) is 11.4 Å². The Balaban J connectivity index is 1.40. The SMILES string of the molecule is C=C/C=c1/cccc2c1=C(C)C1(C3=C2C=CCC=C3)c2ccccc2-c2cc(N(C)c3ccccc3-c3ccccc3C=C)ccc21. The predicted octanol–water partition coefficient (Wildman–Crippen LogP) is 10.2. The second-order valence-corrected chi connectivity index (χ2v) is 12.6. The van der Waals surface area contributed by atoms with E-state index in [0.29, 0.717) is 0 Å². The van der Waals surface area contributed by atoms with Gasteiger partial charge in [0, 0.05) is 24.0 Å². The van der Waals surface area contributed by atoms with Gasteiger partial charge < -0.3 is 4.90 Å². The second-order valence-electron chi connectivity index (χ2n) is 12.6. The van der Waals surface area contributed by atoms with Gasteiger partial charge in [0.2, 0.25) is 0 Å². The molecule has 0 aromatic heterocycles. The topological polar surface area (TPSA) is 3.24 Å². The minimum absolute atomic E-state index is 0.414. The summed E-state index contributed by atoms with van der Waals surface area (Å²) in [5.41, 5.74) is 16.0. The lowest BCUT2D eigenvalue weighted by atomic mass is 9.62. The Kier molecular flexibility index (Phi) is 6.92. The van der Waals surface area contributed by atoms with Crippen molar-refractivity contribution in [2.75, 3.05) is 11.9 Å². The summed E-state index contributed by atoms with van der Waals surface area (Å²) < 4.78 is 0. The molecule has 0 heterocycles. The molecule has 3 aliphatic rings. The molecule has 1 unspecified atom stereocenters. The first-order valence-electron chi connectivity index (χ1n) is 16.4. The minimum Gasteiger partial charge on any atom is -0.344 e. The number of fused-ring (bicyclic) bond motifs is 8. The fourth-order valence-corrected chi connectivity index (χ4v) is 8.29. The van der Waals surface area contributed by atoms with Crippen LogP contribution in [0.25, 0.3) is 45.6 Å². The van der Waals surface area contributed by atoms with E-state index < -0.39 is 5.41 Å². The van der Waals surface area contributed by atoms with Crippen LogP contribution in [-0.2, 0) is 5.41 Å². The van der Waals surface area contributed by atoms with E-state index in [4.69, 9.17) is 0 Å². The van der Waals surface area contributed by atoms with Crippen molar-refractivity contribution in [1.29, 1.82) is 0 Å². The fraction of sp³-hybridized carbons (Fsp3) is 0.0870. The molecule has 3 aliphatic carbocycles. The molecule has 5 aromatic rings. The quantitative estimate of drug-likeness (QED) is 0.193. The maximum Gasteiger partial charge on any atom is 0.0685 e. The Bertz CT molecular complexity index is 2340. The number of hydrogen-bond donors (Lipinski definition) is 0. The lowest BCUT2D eigenvalue weighted by Crippen LogP contribution is -2.42. The lowest BCUT2D eigenvalue weighted by Gasteiger charge is -2.40. The third-order valence-electron chi connectivity index (χ3n) is 10.3. The number of nitrogens with zero attached hydrogens (tertiary/aromatic N) is 1. The molecule has 0 fully saturated rings. The van der Waals surface area contributed by atoms with Crippen LogP contribution in [0.15, 0.2) is 158 Å². The Morgan fingerprint density at radius 1 is 0.681 bits per heavy atom. The van der Waals surface area contributed by atoms with Gasteiger partial charge in [0.25, 0.3) is 0 Å². The summed E-state index contributed by atoms with van der Waals surface area (Å²) in [5, 5.41) is 2.52. The molecule has 0 N–H and O–H groups in total. The summed E-state index contributed by atoms with van der Waals surface area (Å²) in [6.45, 7) is 10.5. The van der Waals surface area contributed by atoms with Crippen molar-refractivity contribution in [3.05, 3.63) is 191 Å². The summed E-state index contributed by atoms with van der Waals surface area (Å²) in [7, 11) is 2.18. The fourth-order valence-electron chi connectivity index (χ4n) is 8.29. The van der Waals surface area contributed by atoms with Gasteiger partial charge in [-0.2, -0.15) is 0 Å². The molecule has 1 spiro atoms. The molecular weight excluding hydrogens is 567 g/mol. The highest BCUT2D eigenvalue weighted by molar-refractivity contribution is 6.00. The molecule has 0 amide bonds. The van der Waals surface area contributed by atoms with Crippen molar-refractivity contribution in [2.24, 2.45) is 0 Å². The van der Waals surface area contributed by atoms with Gasteiger partial charge in [-0.1, -0.05) is 147 Å². The molecule has 0 saturated carbocycles. The molecule has 0 saturated heterocycles. The Labute approximate surface area is 277 Å².